The van der Waals surface area contributed by atoms with Gasteiger partial charge >= 0.3 is 6.08 Å². The predicted octanol–water partition coefficient (Wildman–Crippen LogP) is 6.11. The van der Waals surface area contributed by atoms with Gasteiger partial charge in [-0.3, -0.25) is 9.11 Å². The van der Waals surface area contributed by atoms with Crippen LogP contribution in [0.3, 0.4) is 0 Å². The molecule has 23 nitrogen and oxygen atoms in total. The van der Waals surface area contributed by atoms with Crippen molar-refractivity contribution >= 4 is 107 Å². The predicted molar refractivity (Wildman–Crippen MR) is 210 cm³/mol. The van der Waals surface area contributed by atoms with E-state index in [0.29, 0.717) is 49.4 Å². The molecule has 2 aromatic heterocycles. The van der Waals surface area contributed by atoms with E-state index in [-0.39, 0.29) is 56.4 Å². The molecular formula is C32H26ClFN12O11S3. The highest BCUT2D eigenvalue weighted by Crippen LogP contribution is 2.45. The first kappa shape index (κ1) is 42.1. The number of aromatic hydroxyl groups is 1. The summed E-state index contributed by atoms with van der Waals surface area (Å²) in [6.45, 7) is 1.70. The average Bonchev–Trinajstić information content (AvgIpc) is 3.19. The largest absolute Gasteiger partial charge is 0.505 e. The van der Waals surface area contributed by atoms with Crippen LogP contribution in [0.2, 0.25) is 5.28 Å². The molecule has 0 atom stereocenters. The molecule has 7 rings (SSSR count). The number of azo groups is 1. The molecule has 6 aromatic rings. The third kappa shape index (κ3) is 10.2. The van der Waals surface area contributed by atoms with Crippen molar-refractivity contribution in [1.29, 1.82) is 0 Å². The molecule has 0 saturated carbocycles. The van der Waals surface area contributed by atoms with Crippen LogP contribution >= 0.6 is 23.6 Å². The fraction of sp³-hybridized carbons (Fsp3) is 0.125. The summed E-state index contributed by atoms with van der Waals surface area (Å²) in [5.74, 6) is -0.921. The van der Waals surface area contributed by atoms with Crippen LogP contribution in [0.5, 0.6) is 5.75 Å². The van der Waals surface area contributed by atoms with Gasteiger partial charge in [0.15, 0.2) is 5.75 Å². The zero-order valence-electron chi connectivity index (χ0n) is 29.8. The summed E-state index contributed by atoms with van der Waals surface area (Å²) < 4.78 is 91.7. The van der Waals surface area contributed by atoms with Gasteiger partial charge in [-0.25, -0.2) is 5.26 Å². The summed E-state index contributed by atoms with van der Waals surface area (Å²) in [7, 11) is -9.45. The Morgan fingerprint density at radius 1 is 0.800 bits per heavy atom. The van der Waals surface area contributed by atoms with Crippen LogP contribution < -0.4 is 20.9 Å². The Hall–Kier alpha value is -6.01. The van der Waals surface area contributed by atoms with E-state index in [1.807, 2.05) is 0 Å². The lowest BCUT2D eigenvalue weighted by Crippen LogP contribution is -2.37. The van der Waals surface area contributed by atoms with Crippen molar-refractivity contribution in [1.82, 2.24) is 29.9 Å². The second kappa shape index (κ2) is 17.7. The lowest BCUT2D eigenvalue weighted by atomic mass is 10.1. The Bertz CT molecular complexity index is 2860. The number of hydrogen-bond donors (Lipinski definition) is 7. The van der Waals surface area contributed by atoms with E-state index in [2.05, 4.69) is 65.5 Å². The number of nitrogens with zero attached hydrogens (tertiary/aromatic N) is 9. The molecular weight excluding hydrogens is 879 g/mol. The van der Waals surface area contributed by atoms with E-state index in [1.54, 1.807) is 17.0 Å². The molecule has 4 aromatic carbocycles. The molecule has 7 N–H and O–H groups in total. The number of rotatable bonds is 14. The quantitative estimate of drug-likeness (QED) is 0.0213. The number of aromatic nitrogens is 6. The molecule has 0 unspecified atom stereocenters. The number of anilines is 7. The van der Waals surface area contributed by atoms with Gasteiger partial charge in [-0.1, -0.05) is 17.2 Å². The Morgan fingerprint density at radius 3 is 2.15 bits per heavy atom. The van der Waals surface area contributed by atoms with Gasteiger partial charge in [-0.15, -0.1) is 14.6 Å². The maximum atomic E-state index is 14.4. The number of phenols is 1. The SMILES string of the molecule is O=S(=O)(O)c1cccc(Nc2nc(Cl)nc(Nc3ccc(S(=O)(=O)O)c(N=Nc4c(SOOO)cc5ccc(Nc6nc(F)nc(N7CCOCC7)n6)cc5c4O)c3)n2)c1. The smallest absolute Gasteiger partial charge is 0.315 e. The molecule has 0 spiro atoms. The molecule has 0 aliphatic carbocycles. The fourth-order valence-corrected chi connectivity index (χ4v) is 7.30. The van der Waals surface area contributed by atoms with Crippen LogP contribution in [-0.4, -0.2) is 92.5 Å². The number of ether oxygens (including phenoxy) is 1. The van der Waals surface area contributed by atoms with E-state index in [1.165, 1.54) is 30.3 Å². The van der Waals surface area contributed by atoms with E-state index >= 15 is 0 Å². The number of nitrogens with one attached hydrogen (secondary N) is 3. The van der Waals surface area contributed by atoms with Gasteiger partial charge in [-0.05, 0) is 71.6 Å². The van der Waals surface area contributed by atoms with Crippen molar-refractivity contribution in [2.45, 2.75) is 14.7 Å². The van der Waals surface area contributed by atoms with Crippen molar-refractivity contribution in [3.8, 4) is 5.75 Å². The van der Waals surface area contributed by atoms with E-state index < -0.39 is 47.5 Å². The van der Waals surface area contributed by atoms with Crippen molar-refractivity contribution in [2.75, 3.05) is 47.2 Å². The van der Waals surface area contributed by atoms with Gasteiger partial charge in [0.25, 0.3) is 20.2 Å². The highest BCUT2D eigenvalue weighted by Gasteiger charge is 2.21. The van der Waals surface area contributed by atoms with Gasteiger partial charge in [0, 0.05) is 35.5 Å². The van der Waals surface area contributed by atoms with E-state index in [0.717, 1.165) is 24.3 Å². The number of phenolic OH excluding ortho intramolecular Hbond substituents is 1. The normalized spacial score (nSPS) is 13.5. The summed E-state index contributed by atoms with van der Waals surface area (Å²) in [5, 5.41) is 40.8. The lowest BCUT2D eigenvalue weighted by molar-refractivity contribution is -0.432. The van der Waals surface area contributed by atoms with Crippen LogP contribution in [0, 0.1) is 6.08 Å². The molecule has 0 radical (unpaired) electrons. The van der Waals surface area contributed by atoms with Crippen LogP contribution in [0.1, 0.15) is 0 Å². The Labute approximate surface area is 346 Å². The number of fused-ring (bicyclic) bond motifs is 1. The number of halogens is 2. The van der Waals surface area contributed by atoms with Gasteiger partial charge < -0.3 is 30.7 Å². The van der Waals surface area contributed by atoms with Gasteiger partial charge in [0.2, 0.25) is 29.1 Å². The molecule has 3 heterocycles. The van der Waals surface area contributed by atoms with Crippen molar-refractivity contribution in [3.63, 3.8) is 0 Å². The number of benzene rings is 4. The first-order valence-corrected chi connectivity index (χ1v) is 20.7. The highest BCUT2D eigenvalue weighted by atomic mass is 35.5. The molecule has 1 fully saturated rings. The molecule has 0 bridgehead atoms. The van der Waals surface area contributed by atoms with Gasteiger partial charge in [-0.2, -0.15) is 51.1 Å². The third-order valence-corrected chi connectivity index (χ3v) is 10.6. The molecule has 60 heavy (non-hydrogen) atoms. The Kier molecular flexibility index (Phi) is 12.4. The van der Waals surface area contributed by atoms with Crippen LogP contribution in [-0.2, 0) is 34.3 Å². The minimum absolute atomic E-state index is 0.0119. The first-order valence-electron chi connectivity index (χ1n) is 16.7. The molecule has 1 saturated heterocycles. The lowest BCUT2D eigenvalue weighted by Gasteiger charge is -2.26. The number of morpholine rings is 1. The summed E-state index contributed by atoms with van der Waals surface area (Å²) in [4.78, 5) is 24.5. The summed E-state index contributed by atoms with van der Waals surface area (Å²) >= 11 is 6.51. The second-order valence-electron chi connectivity index (χ2n) is 12.0. The van der Waals surface area contributed by atoms with Crippen LogP contribution in [0.15, 0.2) is 91.6 Å². The van der Waals surface area contributed by atoms with Crippen molar-refractivity contribution < 1.29 is 54.8 Å². The summed E-state index contributed by atoms with van der Waals surface area (Å²) in [5.41, 5.74) is -0.242. The monoisotopic (exact) mass is 904 g/mol. The summed E-state index contributed by atoms with van der Waals surface area (Å²) in [6.07, 6.45) is -1.03. The topological polar surface area (TPSA) is 318 Å². The fourth-order valence-electron chi connectivity index (χ4n) is 5.51. The number of hydrogen-bond acceptors (Lipinski definition) is 22. The minimum atomic E-state index is -4.93. The molecule has 0 amide bonds. The molecule has 1 aliphatic rings. The summed E-state index contributed by atoms with van der Waals surface area (Å²) in [6, 6.07) is 14.5. The van der Waals surface area contributed by atoms with E-state index in [4.69, 9.17) is 21.6 Å². The first-order chi connectivity index (χ1) is 28.6. The zero-order chi connectivity index (χ0) is 42.6. The minimum Gasteiger partial charge on any atom is -0.505 e. The Balaban J connectivity index is 1.20. The highest BCUT2D eigenvalue weighted by molar-refractivity contribution is 7.94. The molecule has 312 valence electrons. The van der Waals surface area contributed by atoms with Crippen LogP contribution in [0.4, 0.5) is 56.6 Å². The van der Waals surface area contributed by atoms with Crippen molar-refractivity contribution in [3.05, 3.63) is 78.1 Å². The second-order valence-corrected chi connectivity index (χ2v) is 15.9. The standard InChI is InChI=1S/C32H26ClFN12O11S3/c33-27-38-29(35-17-2-1-3-20(13-17)59(49,50)51)42-30(39-27)37-19-6-7-24(60(52,53)54)22(15-19)44-45-25-23(58-57-56-48)12-16-4-5-18(14-21(16)26(25)47)36-31-40-28(34)41-32(43-31)46-8-10-55-11-9-46/h1-7,12-15,47-48H,8-11H2,(H,49,50,51)(H,52,53,54)(H,36,40,41,43)(H2,35,37,38,39,42). The van der Waals surface area contributed by atoms with Crippen LogP contribution in [0.25, 0.3) is 10.8 Å². The maximum absolute atomic E-state index is 14.4. The zero-order valence-corrected chi connectivity index (χ0v) is 33.0. The Morgan fingerprint density at radius 2 is 1.47 bits per heavy atom. The van der Waals surface area contributed by atoms with Crippen molar-refractivity contribution in [2.24, 2.45) is 10.2 Å². The van der Waals surface area contributed by atoms with Gasteiger partial charge in [0.1, 0.15) is 16.3 Å². The maximum Gasteiger partial charge on any atom is 0.315 e. The average molecular weight is 905 g/mol. The van der Waals surface area contributed by atoms with E-state index in [9.17, 15) is 35.4 Å². The molecule has 28 heteroatoms. The molecule has 1 aliphatic heterocycles. The van der Waals surface area contributed by atoms with Gasteiger partial charge in [0.05, 0.1) is 35.0 Å². The third-order valence-electron chi connectivity index (χ3n) is 8.10.